The average molecular weight is 194 g/mol. The highest BCUT2D eigenvalue weighted by molar-refractivity contribution is 7.99. The van der Waals surface area contributed by atoms with Crippen molar-refractivity contribution in [3.63, 3.8) is 0 Å². The minimum absolute atomic E-state index is 0.646. The van der Waals surface area contributed by atoms with Crippen molar-refractivity contribution in [3.05, 3.63) is 24.0 Å². The number of anilines is 1. The zero-order valence-corrected chi connectivity index (χ0v) is 8.60. The highest BCUT2D eigenvalue weighted by atomic mass is 32.2. The van der Waals surface area contributed by atoms with Gasteiger partial charge in [0.2, 0.25) is 0 Å². The summed E-state index contributed by atoms with van der Waals surface area (Å²) in [4.78, 5) is 4.12. The molecule has 2 heterocycles. The van der Waals surface area contributed by atoms with E-state index in [1.807, 2.05) is 30.2 Å². The zero-order chi connectivity index (χ0) is 9.10. The van der Waals surface area contributed by atoms with Gasteiger partial charge in [-0.3, -0.25) is 4.98 Å². The van der Waals surface area contributed by atoms with Crippen LogP contribution in [0.3, 0.4) is 0 Å². The van der Waals surface area contributed by atoms with E-state index in [1.54, 1.807) is 0 Å². The predicted molar refractivity (Wildman–Crippen MR) is 58.3 cm³/mol. The minimum Gasteiger partial charge on any atom is -0.380 e. The van der Waals surface area contributed by atoms with Gasteiger partial charge in [0.15, 0.2) is 0 Å². The summed E-state index contributed by atoms with van der Waals surface area (Å²) in [6, 6.07) is 2.69. The number of thioether (sulfide) groups is 1. The molecule has 0 aliphatic carbocycles. The summed E-state index contributed by atoms with van der Waals surface area (Å²) in [6.45, 7) is 2.12. The van der Waals surface area contributed by atoms with Crippen molar-refractivity contribution in [1.82, 2.24) is 4.98 Å². The van der Waals surface area contributed by atoms with E-state index in [0.29, 0.717) is 6.04 Å². The van der Waals surface area contributed by atoms with Gasteiger partial charge in [0, 0.05) is 18.0 Å². The molecule has 1 aliphatic heterocycles. The van der Waals surface area contributed by atoms with E-state index in [2.05, 4.69) is 17.2 Å². The van der Waals surface area contributed by atoms with Gasteiger partial charge in [-0.15, -0.1) is 0 Å². The van der Waals surface area contributed by atoms with Crippen LogP contribution >= 0.6 is 11.8 Å². The highest BCUT2D eigenvalue weighted by Gasteiger charge is 2.15. The molecule has 1 atom stereocenters. The second-order valence-electron chi connectivity index (χ2n) is 3.40. The Morgan fingerprint density at radius 3 is 3.23 bits per heavy atom. The molecule has 70 valence electrons. The van der Waals surface area contributed by atoms with Crippen molar-refractivity contribution in [3.8, 4) is 0 Å². The lowest BCUT2D eigenvalue weighted by Gasteiger charge is -2.13. The van der Waals surface area contributed by atoms with Crippen LogP contribution in [0.1, 0.15) is 12.0 Å². The van der Waals surface area contributed by atoms with Gasteiger partial charge in [-0.1, -0.05) is 0 Å². The summed E-state index contributed by atoms with van der Waals surface area (Å²) in [5, 5.41) is 3.53. The predicted octanol–water partition coefficient (Wildman–Crippen LogP) is 2.31. The summed E-state index contributed by atoms with van der Waals surface area (Å²) in [7, 11) is 0. The largest absolute Gasteiger partial charge is 0.380 e. The van der Waals surface area contributed by atoms with Crippen molar-refractivity contribution in [2.45, 2.75) is 19.4 Å². The van der Waals surface area contributed by atoms with Crippen LogP contribution in [0.4, 0.5) is 5.69 Å². The van der Waals surface area contributed by atoms with E-state index in [9.17, 15) is 0 Å². The van der Waals surface area contributed by atoms with Crippen LogP contribution < -0.4 is 5.32 Å². The quantitative estimate of drug-likeness (QED) is 0.782. The fraction of sp³-hybridized carbons (Fsp3) is 0.500. The molecule has 3 heteroatoms. The number of rotatable bonds is 2. The van der Waals surface area contributed by atoms with Gasteiger partial charge in [0.05, 0.1) is 11.9 Å². The summed E-state index contributed by atoms with van der Waals surface area (Å²) >= 11 is 2.02. The maximum absolute atomic E-state index is 4.12. The van der Waals surface area contributed by atoms with Crippen LogP contribution in [0.5, 0.6) is 0 Å². The Kier molecular flexibility index (Phi) is 2.74. The Bertz CT molecular complexity index is 282. The molecule has 1 aromatic rings. The van der Waals surface area contributed by atoms with Crippen LogP contribution in [0, 0.1) is 6.92 Å². The van der Waals surface area contributed by atoms with Gasteiger partial charge in [0.25, 0.3) is 0 Å². The summed E-state index contributed by atoms with van der Waals surface area (Å²) < 4.78 is 0. The van der Waals surface area contributed by atoms with Crippen molar-refractivity contribution >= 4 is 17.4 Å². The normalized spacial score (nSPS) is 21.8. The molecule has 0 amide bonds. The summed E-state index contributed by atoms with van der Waals surface area (Å²) in [5.74, 6) is 2.52. The molecular weight excluding hydrogens is 180 g/mol. The Morgan fingerprint density at radius 2 is 2.54 bits per heavy atom. The first-order valence-electron chi connectivity index (χ1n) is 4.61. The first kappa shape index (κ1) is 8.88. The zero-order valence-electron chi connectivity index (χ0n) is 7.79. The topological polar surface area (TPSA) is 24.9 Å². The smallest absolute Gasteiger partial charge is 0.0558 e. The molecule has 1 aromatic heterocycles. The molecule has 1 N–H and O–H groups in total. The molecule has 13 heavy (non-hydrogen) atoms. The number of pyridine rings is 1. The van der Waals surface area contributed by atoms with Gasteiger partial charge in [-0.25, -0.2) is 0 Å². The second-order valence-corrected chi connectivity index (χ2v) is 4.55. The molecule has 2 rings (SSSR count). The number of nitrogens with one attached hydrogen (secondary N) is 1. The van der Waals surface area contributed by atoms with Crippen molar-refractivity contribution in [2.75, 3.05) is 16.8 Å². The molecule has 0 spiro atoms. The molecule has 1 fully saturated rings. The third-order valence-corrected chi connectivity index (χ3v) is 3.49. The maximum atomic E-state index is 4.12. The van der Waals surface area contributed by atoms with Crippen molar-refractivity contribution in [1.29, 1.82) is 0 Å². The molecule has 0 unspecified atom stereocenters. The summed E-state index contributed by atoms with van der Waals surface area (Å²) in [6.07, 6.45) is 5.03. The van der Waals surface area contributed by atoms with Gasteiger partial charge in [-0.2, -0.15) is 11.8 Å². The lowest BCUT2D eigenvalue weighted by molar-refractivity contribution is 0.810. The first-order valence-corrected chi connectivity index (χ1v) is 5.76. The lowest BCUT2D eigenvalue weighted by atomic mass is 10.2. The Labute approximate surface area is 83.1 Å². The van der Waals surface area contributed by atoms with Crippen molar-refractivity contribution < 1.29 is 0 Å². The summed E-state index contributed by atoms with van der Waals surface area (Å²) in [5.41, 5.74) is 2.47. The molecule has 0 aromatic carbocycles. The molecule has 0 radical (unpaired) electrons. The number of hydrogen-bond acceptors (Lipinski definition) is 3. The van der Waals surface area contributed by atoms with Crippen molar-refractivity contribution in [2.24, 2.45) is 0 Å². The van der Waals surface area contributed by atoms with E-state index >= 15 is 0 Å². The molecule has 0 bridgehead atoms. The first-order chi connectivity index (χ1) is 6.36. The molecule has 1 saturated heterocycles. The Hall–Kier alpha value is -0.700. The molecule has 2 nitrogen and oxygen atoms in total. The average Bonchev–Trinajstić information content (AvgIpc) is 2.61. The van der Waals surface area contributed by atoms with E-state index in [4.69, 9.17) is 0 Å². The SMILES string of the molecule is Cc1ccncc1N[C@H]1CCSC1. The van der Waals surface area contributed by atoms with Gasteiger partial charge in [0.1, 0.15) is 0 Å². The number of aromatic nitrogens is 1. The maximum Gasteiger partial charge on any atom is 0.0558 e. The van der Waals surface area contributed by atoms with Crippen LogP contribution in [0.15, 0.2) is 18.5 Å². The minimum atomic E-state index is 0.646. The second kappa shape index (κ2) is 4.01. The molecular formula is C10H14N2S. The van der Waals surface area contributed by atoms with Crippen LogP contribution in [-0.2, 0) is 0 Å². The number of nitrogens with zero attached hydrogens (tertiary/aromatic N) is 1. The van der Waals surface area contributed by atoms with Gasteiger partial charge in [-0.05, 0) is 30.7 Å². The fourth-order valence-electron chi connectivity index (χ4n) is 1.48. The number of aryl methyl sites for hydroxylation is 1. The molecule has 0 saturated carbocycles. The van der Waals surface area contributed by atoms with Gasteiger partial charge >= 0.3 is 0 Å². The van der Waals surface area contributed by atoms with Crippen LogP contribution in [0.2, 0.25) is 0 Å². The van der Waals surface area contributed by atoms with E-state index in [1.165, 1.54) is 29.2 Å². The van der Waals surface area contributed by atoms with Crippen LogP contribution in [0.25, 0.3) is 0 Å². The Morgan fingerprint density at radius 1 is 1.62 bits per heavy atom. The van der Waals surface area contributed by atoms with E-state index in [0.717, 1.165) is 0 Å². The van der Waals surface area contributed by atoms with Gasteiger partial charge < -0.3 is 5.32 Å². The monoisotopic (exact) mass is 194 g/mol. The number of hydrogen-bond donors (Lipinski definition) is 1. The molecule has 1 aliphatic rings. The van der Waals surface area contributed by atoms with E-state index in [-0.39, 0.29) is 0 Å². The fourth-order valence-corrected chi connectivity index (χ4v) is 2.64. The lowest BCUT2D eigenvalue weighted by Crippen LogP contribution is -2.18. The van der Waals surface area contributed by atoms with Crippen LogP contribution in [-0.4, -0.2) is 22.5 Å². The highest BCUT2D eigenvalue weighted by Crippen LogP contribution is 2.22. The third kappa shape index (κ3) is 2.15. The third-order valence-electron chi connectivity index (χ3n) is 2.33. The van der Waals surface area contributed by atoms with E-state index < -0.39 is 0 Å². The Balaban J connectivity index is 2.04. The standard InChI is InChI=1S/C10H14N2S/c1-8-2-4-11-6-10(8)12-9-3-5-13-7-9/h2,4,6,9,12H,3,5,7H2,1H3/t9-/m0/s1.